The van der Waals surface area contributed by atoms with Crippen LogP contribution in [-0.4, -0.2) is 47.2 Å². The number of hydrogen-bond acceptors (Lipinski definition) is 8. The number of aromatic nitrogens is 4. The summed E-state index contributed by atoms with van der Waals surface area (Å²) >= 11 is 0. The minimum Gasteiger partial charge on any atom is -0.493 e. The van der Waals surface area contributed by atoms with Crippen LogP contribution in [0.3, 0.4) is 0 Å². The molecule has 0 amide bonds. The van der Waals surface area contributed by atoms with Crippen molar-refractivity contribution in [2.75, 3.05) is 28.4 Å². The van der Waals surface area contributed by atoms with E-state index in [1.54, 1.807) is 61.5 Å². The van der Waals surface area contributed by atoms with E-state index in [9.17, 15) is 9.59 Å². The standard InChI is InChI=1S/C40H24N4O6/c1-47-29-13-25-27(15-31(29)49-3)43-37(41-25)21-9-5-17-20-8-12-24-36-22(10-6-18(34(20)36)19-7-11-23(39(43)45)35(21)33(17)19)38-42-26-14-30(48-2)32(50-4)16-28(26)44(38)40(24)46/h5-16H,1-4H3. The fourth-order valence-corrected chi connectivity index (χ4v) is 8.44. The van der Waals surface area contributed by atoms with Gasteiger partial charge in [-0.1, -0.05) is 24.3 Å². The Hall–Kier alpha value is -6.68. The third kappa shape index (κ3) is 3.01. The summed E-state index contributed by atoms with van der Waals surface area (Å²) in [5.41, 5.74) is 3.42. The second-order valence-electron chi connectivity index (χ2n) is 12.7. The van der Waals surface area contributed by atoms with Crippen molar-refractivity contribution in [3.05, 3.63) is 93.5 Å². The van der Waals surface area contributed by atoms with E-state index < -0.39 is 0 Å². The van der Waals surface area contributed by atoms with Gasteiger partial charge in [-0.2, -0.15) is 0 Å². The molecule has 0 atom stereocenters. The van der Waals surface area contributed by atoms with Crippen LogP contribution >= 0.6 is 0 Å². The zero-order chi connectivity index (χ0) is 33.7. The number of fused-ring (bicyclic) bond motifs is 10. The molecular formula is C40H24N4O6. The monoisotopic (exact) mass is 656 g/mol. The van der Waals surface area contributed by atoms with Gasteiger partial charge in [-0.25, -0.2) is 9.97 Å². The minimum atomic E-state index is -0.153. The quantitative estimate of drug-likeness (QED) is 0.144. The van der Waals surface area contributed by atoms with Crippen molar-refractivity contribution < 1.29 is 18.9 Å². The Morgan fingerprint density at radius 2 is 0.720 bits per heavy atom. The molecule has 0 saturated heterocycles. The minimum absolute atomic E-state index is 0.153. The Kier molecular flexibility index (Phi) is 4.94. The molecule has 11 rings (SSSR count). The summed E-state index contributed by atoms with van der Waals surface area (Å²) in [5.74, 6) is 2.14. The number of rotatable bonds is 4. The maximum atomic E-state index is 14.3. The van der Waals surface area contributed by atoms with Crippen molar-refractivity contribution >= 4 is 98.0 Å². The molecule has 7 aromatic carbocycles. The molecule has 240 valence electrons. The predicted octanol–water partition coefficient (Wildman–Crippen LogP) is 7.28. The van der Waals surface area contributed by atoms with Gasteiger partial charge >= 0.3 is 0 Å². The normalized spacial score (nSPS) is 12.6. The third-order valence-corrected chi connectivity index (χ3v) is 10.6. The average Bonchev–Trinajstić information content (AvgIpc) is 3.72. The molecule has 0 aliphatic rings. The first kappa shape index (κ1) is 27.3. The van der Waals surface area contributed by atoms with Gasteiger partial charge in [0.1, 0.15) is 11.3 Å². The summed E-state index contributed by atoms with van der Waals surface area (Å²) in [4.78, 5) is 38.5. The van der Waals surface area contributed by atoms with Crippen LogP contribution in [0.2, 0.25) is 0 Å². The highest BCUT2D eigenvalue weighted by molar-refractivity contribution is 6.40. The number of pyridine rings is 2. The van der Waals surface area contributed by atoms with E-state index in [1.807, 2.05) is 24.3 Å². The first-order chi connectivity index (χ1) is 24.4. The summed E-state index contributed by atoms with van der Waals surface area (Å²) in [6.45, 7) is 0. The van der Waals surface area contributed by atoms with Crippen LogP contribution in [-0.2, 0) is 0 Å². The molecule has 10 nitrogen and oxygen atoms in total. The largest absolute Gasteiger partial charge is 0.493 e. The third-order valence-electron chi connectivity index (χ3n) is 10.6. The van der Waals surface area contributed by atoms with Crippen LogP contribution in [0.25, 0.3) is 98.0 Å². The Morgan fingerprint density at radius 1 is 0.420 bits per heavy atom. The van der Waals surface area contributed by atoms with Gasteiger partial charge in [0.2, 0.25) is 0 Å². The lowest BCUT2D eigenvalue weighted by Gasteiger charge is -2.18. The van der Waals surface area contributed by atoms with Gasteiger partial charge in [0, 0.05) is 56.6 Å². The molecule has 0 saturated carbocycles. The van der Waals surface area contributed by atoms with Crippen LogP contribution in [0.4, 0.5) is 0 Å². The molecule has 0 spiro atoms. The molecule has 0 unspecified atom stereocenters. The fraction of sp³-hybridized carbons (Fsp3) is 0.100. The molecule has 11 aromatic rings. The highest BCUT2D eigenvalue weighted by Crippen LogP contribution is 2.46. The van der Waals surface area contributed by atoms with E-state index in [-0.39, 0.29) is 11.1 Å². The molecule has 4 heterocycles. The summed E-state index contributed by atoms with van der Waals surface area (Å²) in [7, 11) is 6.31. The van der Waals surface area contributed by atoms with E-state index in [2.05, 4.69) is 24.3 Å². The zero-order valence-corrected chi connectivity index (χ0v) is 27.2. The number of benzene rings is 7. The number of imidazole rings is 2. The van der Waals surface area contributed by atoms with Crippen molar-refractivity contribution in [1.29, 1.82) is 0 Å². The summed E-state index contributed by atoms with van der Waals surface area (Å²) < 4.78 is 25.5. The van der Waals surface area contributed by atoms with E-state index in [0.29, 0.717) is 67.1 Å². The van der Waals surface area contributed by atoms with Crippen molar-refractivity contribution in [1.82, 2.24) is 18.8 Å². The molecule has 0 bridgehead atoms. The lowest BCUT2D eigenvalue weighted by Crippen LogP contribution is -2.14. The second-order valence-corrected chi connectivity index (χ2v) is 12.7. The molecule has 0 radical (unpaired) electrons. The first-order valence-corrected chi connectivity index (χ1v) is 16.0. The Bertz CT molecular complexity index is 3170. The van der Waals surface area contributed by atoms with Crippen molar-refractivity contribution in [3.8, 4) is 23.0 Å². The maximum Gasteiger partial charge on any atom is 0.264 e. The van der Waals surface area contributed by atoms with Gasteiger partial charge in [-0.15, -0.1) is 0 Å². The lowest BCUT2D eigenvalue weighted by atomic mass is 9.86. The van der Waals surface area contributed by atoms with Gasteiger partial charge in [-0.05, 0) is 56.6 Å². The predicted molar refractivity (Wildman–Crippen MR) is 196 cm³/mol. The number of hydrogen-bond donors (Lipinski definition) is 0. The molecule has 0 aliphatic carbocycles. The maximum absolute atomic E-state index is 14.3. The lowest BCUT2D eigenvalue weighted by molar-refractivity contribution is 0.355. The van der Waals surface area contributed by atoms with E-state index in [4.69, 9.17) is 28.9 Å². The van der Waals surface area contributed by atoms with Gasteiger partial charge in [-0.3, -0.25) is 18.4 Å². The molecule has 0 N–H and O–H groups in total. The Morgan fingerprint density at radius 3 is 1.08 bits per heavy atom. The number of ether oxygens (including phenoxy) is 4. The SMILES string of the molecule is COc1cc2nc3c4ccc5c6ccc7c(=O)n8c9cc(OC)c(OC)cc9nc8c8ccc(c9ccc(c(=O)n3c2cc1OC)c4c95)c6c78. The van der Waals surface area contributed by atoms with Crippen molar-refractivity contribution in [2.24, 2.45) is 0 Å². The molecule has 50 heavy (non-hydrogen) atoms. The fourth-order valence-electron chi connectivity index (χ4n) is 8.44. The van der Waals surface area contributed by atoms with Crippen LogP contribution in [0.15, 0.2) is 82.4 Å². The van der Waals surface area contributed by atoms with Gasteiger partial charge in [0.05, 0.1) is 50.5 Å². The first-order valence-electron chi connectivity index (χ1n) is 16.0. The summed E-state index contributed by atoms with van der Waals surface area (Å²) in [6.07, 6.45) is 0. The topological polar surface area (TPSA) is 106 Å². The van der Waals surface area contributed by atoms with Gasteiger partial charge in [0.15, 0.2) is 23.0 Å². The number of nitrogens with zero attached hydrogens (tertiary/aromatic N) is 4. The highest BCUT2D eigenvalue weighted by Gasteiger charge is 2.25. The Balaban J connectivity index is 1.30. The van der Waals surface area contributed by atoms with Crippen molar-refractivity contribution in [2.45, 2.75) is 0 Å². The van der Waals surface area contributed by atoms with E-state index in [1.165, 1.54) is 0 Å². The average molecular weight is 657 g/mol. The van der Waals surface area contributed by atoms with E-state index >= 15 is 0 Å². The Labute approximate surface area is 280 Å². The zero-order valence-electron chi connectivity index (χ0n) is 27.2. The van der Waals surface area contributed by atoms with Crippen molar-refractivity contribution in [3.63, 3.8) is 0 Å². The van der Waals surface area contributed by atoms with Crippen LogP contribution in [0.1, 0.15) is 0 Å². The highest BCUT2D eigenvalue weighted by atomic mass is 16.5. The van der Waals surface area contributed by atoms with Crippen LogP contribution in [0.5, 0.6) is 23.0 Å². The van der Waals surface area contributed by atoms with Gasteiger partial charge < -0.3 is 18.9 Å². The number of methoxy groups -OCH3 is 4. The van der Waals surface area contributed by atoms with Crippen LogP contribution in [0, 0.1) is 0 Å². The molecule has 0 aliphatic heterocycles. The summed E-state index contributed by atoms with van der Waals surface area (Å²) in [6, 6.07) is 23.4. The van der Waals surface area contributed by atoms with Gasteiger partial charge in [0.25, 0.3) is 11.1 Å². The van der Waals surface area contributed by atoms with Crippen LogP contribution < -0.4 is 30.1 Å². The second kappa shape index (κ2) is 9.06. The van der Waals surface area contributed by atoms with E-state index in [0.717, 1.165) is 53.9 Å². The molecular weight excluding hydrogens is 632 g/mol. The molecule has 10 heteroatoms. The molecule has 4 aromatic heterocycles. The summed E-state index contributed by atoms with van der Waals surface area (Å²) in [5, 5.41) is 10.7. The smallest absolute Gasteiger partial charge is 0.264 e. The molecule has 0 fully saturated rings.